The van der Waals surface area contributed by atoms with E-state index in [1.165, 1.54) is 5.57 Å². The second kappa shape index (κ2) is 7.89. The van der Waals surface area contributed by atoms with Crippen LogP contribution in [0, 0.1) is 6.92 Å². The first-order valence-electron chi connectivity index (χ1n) is 9.27. The highest BCUT2D eigenvalue weighted by Gasteiger charge is 2.21. The van der Waals surface area contributed by atoms with Crippen LogP contribution in [0.3, 0.4) is 0 Å². The Morgan fingerprint density at radius 2 is 1.78 bits per heavy atom. The van der Waals surface area contributed by atoms with Gasteiger partial charge in [0.05, 0.1) is 10.6 Å². The number of thiophene rings is 1. The van der Waals surface area contributed by atoms with Gasteiger partial charge in [0.2, 0.25) is 0 Å². The molecule has 1 aliphatic heterocycles. The van der Waals surface area contributed by atoms with Crippen molar-refractivity contribution >= 4 is 23.3 Å². The Bertz CT molecular complexity index is 965. The molecule has 0 bridgehead atoms. The number of carbonyl (C=O) groups is 1. The molecule has 3 aromatic rings. The minimum absolute atomic E-state index is 0.148. The molecule has 1 aromatic carbocycles. The normalized spacial score (nSPS) is 14.3. The molecule has 136 valence electrons. The number of aryl methyl sites for hydroxylation is 1. The molecule has 1 saturated heterocycles. The van der Waals surface area contributed by atoms with Crippen LogP contribution in [-0.4, -0.2) is 28.9 Å². The van der Waals surface area contributed by atoms with Gasteiger partial charge in [-0.2, -0.15) is 0 Å². The van der Waals surface area contributed by atoms with Crippen molar-refractivity contribution in [3.63, 3.8) is 0 Å². The molecule has 4 heteroatoms. The van der Waals surface area contributed by atoms with Gasteiger partial charge in [-0.1, -0.05) is 42.0 Å². The summed E-state index contributed by atoms with van der Waals surface area (Å²) in [5.74, 6) is 0.148. The van der Waals surface area contributed by atoms with Gasteiger partial charge in [-0.3, -0.25) is 9.78 Å². The molecule has 1 aliphatic rings. The number of benzene rings is 1. The predicted octanol–water partition coefficient (Wildman–Crippen LogP) is 5.44. The molecule has 3 nitrogen and oxygen atoms in total. The number of nitrogens with zero attached hydrogens (tertiary/aromatic N) is 2. The van der Waals surface area contributed by atoms with Crippen molar-refractivity contribution in [2.45, 2.75) is 19.8 Å². The van der Waals surface area contributed by atoms with Crippen LogP contribution in [0.4, 0.5) is 0 Å². The molecule has 27 heavy (non-hydrogen) atoms. The van der Waals surface area contributed by atoms with Crippen LogP contribution < -0.4 is 0 Å². The maximum Gasteiger partial charge on any atom is 0.263 e. The van der Waals surface area contributed by atoms with E-state index in [4.69, 9.17) is 0 Å². The Balaban J connectivity index is 1.41. The standard InChI is InChI=1S/C23H22N2OS/c1-17-6-5-9-20(24-17)16-18-12-14-25(15-13-18)23(26)22-11-10-21(27-22)19-7-3-2-4-8-19/h2-11,16H,12-15H2,1H3. The largest absolute Gasteiger partial charge is 0.337 e. The number of carbonyl (C=O) groups excluding carboxylic acids is 1. The lowest BCUT2D eigenvalue weighted by Gasteiger charge is -2.28. The first-order chi connectivity index (χ1) is 13.2. The highest BCUT2D eigenvalue weighted by Crippen LogP contribution is 2.29. The number of aromatic nitrogens is 1. The van der Waals surface area contributed by atoms with Crippen molar-refractivity contribution < 1.29 is 4.79 Å². The van der Waals surface area contributed by atoms with Gasteiger partial charge in [0.25, 0.3) is 5.91 Å². The van der Waals surface area contributed by atoms with E-state index in [2.05, 4.69) is 23.2 Å². The average molecular weight is 375 g/mol. The molecule has 0 spiro atoms. The SMILES string of the molecule is Cc1cccc(C=C2CCN(C(=O)c3ccc(-c4ccccc4)s3)CC2)n1. The van der Waals surface area contributed by atoms with E-state index in [0.717, 1.165) is 52.6 Å². The molecule has 1 amide bonds. The highest BCUT2D eigenvalue weighted by molar-refractivity contribution is 7.17. The zero-order valence-corrected chi connectivity index (χ0v) is 16.2. The third-order valence-corrected chi connectivity index (χ3v) is 5.95. The zero-order chi connectivity index (χ0) is 18.6. The van der Waals surface area contributed by atoms with Crippen LogP contribution in [0.1, 0.15) is 33.9 Å². The molecular formula is C23H22N2OS. The van der Waals surface area contributed by atoms with E-state index in [1.807, 2.05) is 60.4 Å². The summed E-state index contributed by atoms with van der Waals surface area (Å²) < 4.78 is 0. The first kappa shape index (κ1) is 17.7. The number of piperidine rings is 1. The van der Waals surface area contributed by atoms with Crippen LogP contribution in [0.2, 0.25) is 0 Å². The second-order valence-corrected chi connectivity index (χ2v) is 7.91. The summed E-state index contributed by atoms with van der Waals surface area (Å²) in [4.78, 5) is 21.3. The number of amides is 1. The Hall–Kier alpha value is -2.72. The minimum atomic E-state index is 0.148. The molecule has 4 rings (SSSR count). The molecular weight excluding hydrogens is 352 g/mol. The lowest BCUT2D eigenvalue weighted by molar-refractivity contribution is 0.0749. The fourth-order valence-corrected chi connectivity index (χ4v) is 4.34. The number of hydrogen-bond donors (Lipinski definition) is 0. The average Bonchev–Trinajstić information content (AvgIpc) is 3.19. The maximum atomic E-state index is 12.9. The van der Waals surface area contributed by atoms with Gasteiger partial charge in [-0.25, -0.2) is 0 Å². The lowest BCUT2D eigenvalue weighted by Crippen LogP contribution is -2.35. The maximum absolute atomic E-state index is 12.9. The third-order valence-electron chi connectivity index (χ3n) is 4.83. The molecule has 0 saturated carbocycles. The molecule has 1 fully saturated rings. The summed E-state index contributed by atoms with van der Waals surface area (Å²) in [6.07, 6.45) is 4.00. The Morgan fingerprint density at radius 1 is 1.00 bits per heavy atom. The first-order valence-corrected chi connectivity index (χ1v) is 10.1. The number of hydrogen-bond acceptors (Lipinski definition) is 3. The lowest BCUT2D eigenvalue weighted by atomic mass is 10.0. The van der Waals surface area contributed by atoms with Crippen LogP contribution in [0.25, 0.3) is 16.5 Å². The van der Waals surface area contributed by atoms with Crippen molar-refractivity contribution in [3.8, 4) is 10.4 Å². The molecule has 0 aliphatic carbocycles. The zero-order valence-electron chi connectivity index (χ0n) is 15.4. The Kier molecular flexibility index (Phi) is 5.16. The van der Waals surface area contributed by atoms with Crippen molar-refractivity contribution in [2.75, 3.05) is 13.1 Å². The fraction of sp³-hybridized carbons (Fsp3) is 0.217. The van der Waals surface area contributed by atoms with Gasteiger partial charge in [0.15, 0.2) is 0 Å². The van der Waals surface area contributed by atoms with Gasteiger partial charge < -0.3 is 4.90 Å². The van der Waals surface area contributed by atoms with E-state index in [9.17, 15) is 4.79 Å². The summed E-state index contributed by atoms with van der Waals surface area (Å²) in [7, 11) is 0. The van der Waals surface area contributed by atoms with E-state index < -0.39 is 0 Å². The quantitative estimate of drug-likeness (QED) is 0.612. The third kappa shape index (κ3) is 4.17. The van der Waals surface area contributed by atoms with Gasteiger partial charge in [-0.05, 0) is 55.7 Å². The van der Waals surface area contributed by atoms with Gasteiger partial charge in [0.1, 0.15) is 0 Å². The number of rotatable bonds is 3. The Labute approximate surface area is 164 Å². The summed E-state index contributed by atoms with van der Waals surface area (Å²) >= 11 is 1.58. The Morgan fingerprint density at radius 3 is 2.52 bits per heavy atom. The van der Waals surface area contributed by atoms with Gasteiger partial charge >= 0.3 is 0 Å². The van der Waals surface area contributed by atoms with Gasteiger partial charge in [0, 0.05) is 23.7 Å². The summed E-state index contributed by atoms with van der Waals surface area (Å²) in [6, 6.07) is 20.3. The van der Waals surface area contributed by atoms with E-state index >= 15 is 0 Å². The van der Waals surface area contributed by atoms with Crippen molar-refractivity contribution in [1.29, 1.82) is 0 Å². The van der Waals surface area contributed by atoms with Crippen molar-refractivity contribution in [3.05, 3.63) is 82.5 Å². The number of likely N-dealkylation sites (tertiary alicyclic amines) is 1. The van der Waals surface area contributed by atoms with Crippen LogP contribution >= 0.6 is 11.3 Å². The van der Waals surface area contributed by atoms with E-state index in [-0.39, 0.29) is 5.91 Å². The fourth-order valence-electron chi connectivity index (χ4n) is 3.36. The van der Waals surface area contributed by atoms with Crippen LogP contribution in [-0.2, 0) is 0 Å². The van der Waals surface area contributed by atoms with Crippen LogP contribution in [0.15, 0.2) is 66.2 Å². The topological polar surface area (TPSA) is 33.2 Å². The summed E-state index contributed by atoms with van der Waals surface area (Å²) in [6.45, 7) is 3.55. The molecule has 0 radical (unpaired) electrons. The second-order valence-electron chi connectivity index (χ2n) is 6.83. The van der Waals surface area contributed by atoms with E-state index in [1.54, 1.807) is 11.3 Å². The molecule has 3 heterocycles. The monoisotopic (exact) mass is 374 g/mol. The molecule has 0 N–H and O–H groups in total. The minimum Gasteiger partial charge on any atom is -0.337 e. The predicted molar refractivity (Wildman–Crippen MR) is 112 cm³/mol. The molecule has 0 atom stereocenters. The van der Waals surface area contributed by atoms with Crippen molar-refractivity contribution in [1.82, 2.24) is 9.88 Å². The van der Waals surface area contributed by atoms with Crippen LogP contribution in [0.5, 0.6) is 0 Å². The van der Waals surface area contributed by atoms with Crippen molar-refractivity contribution in [2.24, 2.45) is 0 Å². The summed E-state index contributed by atoms with van der Waals surface area (Å²) in [5.41, 5.74) is 4.57. The van der Waals surface area contributed by atoms with E-state index in [0.29, 0.717) is 0 Å². The highest BCUT2D eigenvalue weighted by atomic mass is 32.1. The van der Waals surface area contributed by atoms with Gasteiger partial charge in [-0.15, -0.1) is 11.3 Å². The number of pyridine rings is 1. The summed E-state index contributed by atoms with van der Waals surface area (Å²) in [5, 5.41) is 0. The molecule has 0 unspecified atom stereocenters. The smallest absolute Gasteiger partial charge is 0.263 e. The molecule has 2 aromatic heterocycles.